The summed E-state index contributed by atoms with van der Waals surface area (Å²) in [4.78, 5) is 13.1. The zero-order valence-corrected chi connectivity index (χ0v) is 18.3. The number of nitrogens with zero attached hydrogens (tertiary/aromatic N) is 1. The van der Waals surface area contributed by atoms with E-state index in [1.54, 1.807) is 42.5 Å². The molecule has 0 unspecified atom stereocenters. The fourth-order valence-electron chi connectivity index (χ4n) is 4.53. The van der Waals surface area contributed by atoms with Crippen molar-refractivity contribution in [1.29, 1.82) is 0 Å². The van der Waals surface area contributed by atoms with Crippen LogP contribution in [0.2, 0.25) is 0 Å². The van der Waals surface area contributed by atoms with E-state index in [0.717, 1.165) is 6.42 Å². The molecule has 1 N–H and O–H groups in total. The highest BCUT2D eigenvalue weighted by atomic mass is 32.2. The average Bonchev–Trinajstić information content (AvgIpc) is 3.19. The molecule has 8 heteroatoms. The number of benzene rings is 2. The van der Waals surface area contributed by atoms with E-state index < -0.39 is 27.5 Å². The predicted octanol–water partition coefficient (Wildman–Crippen LogP) is 3.23. The first-order valence-electron chi connectivity index (χ1n) is 10.1. The van der Waals surface area contributed by atoms with Crippen LogP contribution in [0, 0.1) is 0 Å². The monoisotopic (exact) mass is 443 g/mol. The molecule has 3 aromatic rings. The molecule has 164 valence electrons. The van der Waals surface area contributed by atoms with Gasteiger partial charge < -0.3 is 14.6 Å². The molecule has 2 atom stereocenters. The fourth-order valence-corrected chi connectivity index (χ4v) is 6.12. The number of hydrogen-bond donors (Lipinski definition) is 1. The normalized spacial score (nSPS) is 21.7. The van der Waals surface area contributed by atoms with Crippen molar-refractivity contribution in [1.82, 2.24) is 3.97 Å². The Morgan fingerprint density at radius 1 is 1.10 bits per heavy atom. The lowest BCUT2D eigenvalue weighted by Crippen LogP contribution is -2.51. The third-order valence-corrected chi connectivity index (χ3v) is 7.88. The summed E-state index contributed by atoms with van der Waals surface area (Å²) in [6, 6.07) is 14.8. The summed E-state index contributed by atoms with van der Waals surface area (Å²) in [5.41, 5.74) is -0.802. The maximum Gasteiger partial charge on any atom is 0.320 e. The van der Waals surface area contributed by atoms with Crippen LogP contribution in [-0.2, 0) is 25.0 Å². The van der Waals surface area contributed by atoms with Crippen LogP contribution in [0.15, 0.2) is 59.5 Å². The SMILES string of the molecule is COC(=O)[C@]1(c2cc3ccccc3n2S(=O)(=O)c2ccc(OC)cc2)CCCC[C@H]1O. The average molecular weight is 444 g/mol. The second-order valence-electron chi connectivity index (χ2n) is 7.76. The second-order valence-corrected chi connectivity index (χ2v) is 9.54. The maximum atomic E-state index is 13.8. The molecule has 7 nitrogen and oxygen atoms in total. The van der Waals surface area contributed by atoms with Gasteiger partial charge in [-0.1, -0.05) is 31.0 Å². The minimum absolute atomic E-state index is 0.0567. The third-order valence-electron chi connectivity index (χ3n) is 6.14. The van der Waals surface area contributed by atoms with E-state index in [0.29, 0.717) is 35.9 Å². The first-order valence-corrected chi connectivity index (χ1v) is 11.6. The lowest BCUT2D eigenvalue weighted by atomic mass is 9.69. The summed E-state index contributed by atoms with van der Waals surface area (Å²) < 4.78 is 39.1. The lowest BCUT2D eigenvalue weighted by Gasteiger charge is -2.39. The van der Waals surface area contributed by atoms with Gasteiger partial charge in [-0.3, -0.25) is 4.79 Å². The van der Waals surface area contributed by atoms with Gasteiger partial charge in [-0.2, -0.15) is 0 Å². The van der Waals surface area contributed by atoms with Crippen LogP contribution < -0.4 is 4.74 Å². The van der Waals surface area contributed by atoms with Crippen molar-refractivity contribution in [3.8, 4) is 5.75 Å². The fraction of sp³-hybridized carbons (Fsp3) is 0.348. The Kier molecular flexibility index (Phi) is 5.53. The minimum Gasteiger partial charge on any atom is -0.497 e. The Balaban J connectivity index is 2.03. The quantitative estimate of drug-likeness (QED) is 0.609. The summed E-state index contributed by atoms with van der Waals surface area (Å²) in [5.74, 6) is -0.0982. The molecule has 1 aliphatic rings. The van der Waals surface area contributed by atoms with Crippen molar-refractivity contribution < 1.29 is 27.8 Å². The number of rotatable bonds is 5. The van der Waals surface area contributed by atoms with Gasteiger partial charge in [0.05, 0.1) is 36.4 Å². The van der Waals surface area contributed by atoms with E-state index in [1.807, 2.05) is 0 Å². The first kappa shape index (κ1) is 21.4. The number of aliphatic hydroxyl groups excluding tert-OH is 1. The maximum absolute atomic E-state index is 13.8. The molecule has 0 saturated heterocycles. The Bertz CT molecular complexity index is 1210. The van der Waals surface area contributed by atoms with Crippen LogP contribution in [0.1, 0.15) is 31.4 Å². The van der Waals surface area contributed by atoms with E-state index in [1.165, 1.54) is 30.3 Å². The standard InChI is InChI=1S/C23H25NO6S/c1-29-17-10-12-18(13-11-17)31(27,28)24-19-8-4-3-7-16(19)15-20(24)23(22(26)30-2)14-6-5-9-21(23)25/h3-4,7-8,10-13,15,21,25H,5-6,9,14H2,1-2H3/t21-,23+/m1/s1. The summed E-state index contributed by atoms with van der Waals surface area (Å²) in [5, 5.41) is 11.7. The van der Waals surface area contributed by atoms with E-state index in [2.05, 4.69) is 0 Å². The van der Waals surface area contributed by atoms with Gasteiger partial charge in [0.1, 0.15) is 11.2 Å². The Hall–Kier alpha value is -2.84. The number of carbonyl (C=O) groups excluding carboxylic acids is 1. The number of ether oxygens (including phenoxy) is 2. The van der Waals surface area contributed by atoms with Gasteiger partial charge in [0.25, 0.3) is 10.0 Å². The largest absolute Gasteiger partial charge is 0.497 e. The molecule has 1 fully saturated rings. The van der Waals surface area contributed by atoms with Crippen LogP contribution in [0.25, 0.3) is 10.9 Å². The highest BCUT2D eigenvalue weighted by Gasteiger charge is 2.52. The smallest absolute Gasteiger partial charge is 0.320 e. The number of para-hydroxylation sites is 1. The molecule has 1 aromatic heterocycles. The molecule has 1 saturated carbocycles. The van der Waals surface area contributed by atoms with Crippen molar-refractivity contribution >= 4 is 26.9 Å². The van der Waals surface area contributed by atoms with Gasteiger partial charge >= 0.3 is 5.97 Å². The van der Waals surface area contributed by atoms with Gasteiger partial charge in [-0.25, -0.2) is 12.4 Å². The molecule has 1 aliphatic carbocycles. The Labute approximate surface area is 181 Å². The van der Waals surface area contributed by atoms with E-state index in [-0.39, 0.29) is 10.6 Å². The van der Waals surface area contributed by atoms with E-state index >= 15 is 0 Å². The number of aliphatic hydroxyl groups is 1. The molecule has 4 rings (SSSR count). The summed E-state index contributed by atoms with van der Waals surface area (Å²) in [6.45, 7) is 0. The van der Waals surface area contributed by atoms with Crippen LogP contribution in [0.4, 0.5) is 0 Å². The van der Waals surface area contributed by atoms with Gasteiger partial charge in [0.15, 0.2) is 0 Å². The molecular weight excluding hydrogens is 418 g/mol. The van der Waals surface area contributed by atoms with Crippen LogP contribution in [-0.4, -0.2) is 43.8 Å². The zero-order chi connectivity index (χ0) is 22.2. The molecule has 1 heterocycles. The van der Waals surface area contributed by atoms with Gasteiger partial charge in [0.2, 0.25) is 0 Å². The molecular formula is C23H25NO6S. The lowest BCUT2D eigenvalue weighted by molar-refractivity contribution is -0.155. The number of fused-ring (bicyclic) bond motifs is 1. The number of methoxy groups -OCH3 is 2. The minimum atomic E-state index is -4.09. The van der Waals surface area contributed by atoms with Crippen LogP contribution in [0.3, 0.4) is 0 Å². The van der Waals surface area contributed by atoms with Crippen molar-refractivity contribution in [2.75, 3.05) is 14.2 Å². The number of carbonyl (C=O) groups is 1. The van der Waals surface area contributed by atoms with Crippen molar-refractivity contribution in [2.24, 2.45) is 0 Å². The molecule has 2 aromatic carbocycles. The molecule has 0 amide bonds. The topological polar surface area (TPSA) is 94.8 Å². The van der Waals surface area contributed by atoms with E-state index in [9.17, 15) is 18.3 Å². The van der Waals surface area contributed by atoms with Gasteiger partial charge in [-0.05, 0) is 49.2 Å². The number of hydrogen-bond acceptors (Lipinski definition) is 6. The highest BCUT2D eigenvalue weighted by molar-refractivity contribution is 7.90. The summed E-state index contributed by atoms with van der Waals surface area (Å²) >= 11 is 0. The van der Waals surface area contributed by atoms with E-state index in [4.69, 9.17) is 9.47 Å². The van der Waals surface area contributed by atoms with Crippen molar-refractivity contribution in [2.45, 2.75) is 42.1 Å². The van der Waals surface area contributed by atoms with Crippen LogP contribution in [0.5, 0.6) is 5.75 Å². The van der Waals surface area contributed by atoms with Crippen molar-refractivity contribution in [3.63, 3.8) is 0 Å². The zero-order valence-electron chi connectivity index (χ0n) is 17.4. The number of esters is 1. The molecule has 0 bridgehead atoms. The Morgan fingerprint density at radius 2 is 1.81 bits per heavy atom. The molecule has 0 aliphatic heterocycles. The summed E-state index contributed by atoms with van der Waals surface area (Å²) in [6.07, 6.45) is 1.07. The van der Waals surface area contributed by atoms with Crippen LogP contribution >= 0.6 is 0 Å². The first-order chi connectivity index (χ1) is 14.9. The molecule has 31 heavy (non-hydrogen) atoms. The molecule has 0 radical (unpaired) electrons. The highest BCUT2D eigenvalue weighted by Crippen LogP contribution is 2.44. The van der Waals surface area contributed by atoms with Gasteiger partial charge in [-0.15, -0.1) is 0 Å². The Morgan fingerprint density at radius 3 is 2.45 bits per heavy atom. The third kappa shape index (κ3) is 3.30. The number of aromatic nitrogens is 1. The molecule has 0 spiro atoms. The second kappa shape index (κ2) is 8.01. The van der Waals surface area contributed by atoms with Gasteiger partial charge in [0, 0.05) is 5.39 Å². The summed E-state index contributed by atoms with van der Waals surface area (Å²) in [7, 11) is -1.32. The predicted molar refractivity (Wildman–Crippen MR) is 116 cm³/mol. The van der Waals surface area contributed by atoms with Crippen molar-refractivity contribution in [3.05, 3.63) is 60.3 Å².